The summed E-state index contributed by atoms with van der Waals surface area (Å²) in [6, 6.07) is 8.25. The highest BCUT2D eigenvalue weighted by atomic mass is 32.2. The number of hydrogen-bond acceptors (Lipinski definition) is 4. The van der Waals surface area contributed by atoms with E-state index in [4.69, 9.17) is 0 Å². The molecule has 7 heteroatoms. The Morgan fingerprint density at radius 3 is 2.54 bits per heavy atom. The minimum atomic E-state index is -3.44. The van der Waals surface area contributed by atoms with Crippen molar-refractivity contribution in [2.75, 3.05) is 12.8 Å². The number of carbonyl (C=O) groups excluding carboxylic acids is 1. The number of rotatable bonds is 6. The van der Waals surface area contributed by atoms with E-state index in [1.807, 2.05) is 31.5 Å². The highest BCUT2D eigenvalue weighted by molar-refractivity contribution is 7.90. The third-order valence-electron chi connectivity index (χ3n) is 3.73. The largest absolute Gasteiger partial charge is 0.352 e. The fourth-order valence-electron chi connectivity index (χ4n) is 2.56. The summed E-state index contributed by atoms with van der Waals surface area (Å²) in [6.45, 7) is 7.08. The van der Waals surface area contributed by atoms with Crippen molar-refractivity contribution in [2.45, 2.75) is 32.2 Å². The second-order valence-electron chi connectivity index (χ2n) is 6.19. The van der Waals surface area contributed by atoms with Crippen molar-refractivity contribution < 1.29 is 13.2 Å². The van der Waals surface area contributed by atoms with Crippen LogP contribution in [-0.4, -0.2) is 36.9 Å². The summed E-state index contributed by atoms with van der Waals surface area (Å²) in [6.07, 6.45) is 1.10. The number of carbonyl (C=O) groups is 1. The van der Waals surface area contributed by atoms with Gasteiger partial charge in [0, 0.05) is 25.0 Å². The number of sulfone groups is 1. The van der Waals surface area contributed by atoms with E-state index in [1.54, 1.807) is 12.1 Å². The Morgan fingerprint density at radius 1 is 1.29 bits per heavy atom. The lowest BCUT2D eigenvalue weighted by atomic mass is 10.1. The highest BCUT2D eigenvalue weighted by Gasteiger charge is 2.18. The molecule has 6 nitrogen and oxygen atoms in total. The smallest absolute Gasteiger partial charge is 0.252 e. The lowest BCUT2D eigenvalue weighted by molar-refractivity contribution is 0.0943. The molecule has 1 amide bonds. The van der Waals surface area contributed by atoms with Gasteiger partial charge in [-0.05, 0) is 38.0 Å². The van der Waals surface area contributed by atoms with E-state index in [-0.39, 0.29) is 22.3 Å². The average Bonchev–Trinajstić information content (AvgIpc) is 2.81. The Balaban J connectivity index is 2.02. The first-order chi connectivity index (χ1) is 11.2. The molecule has 0 aliphatic rings. The molecule has 130 valence electrons. The van der Waals surface area contributed by atoms with Crippen LogP contribution in [0.3, 0.4) is 0 Å². The Hall–Kier alpha value is -2.15. The first kappa shape index (κ1) is 18.2. The van der Waals surface area contributed by atoms with Crippen LogP contribution in [-0.2, 0) is 16.4 Å². The molecule has 0 fully saturated rings. The molecule has 2 aromatic rings. The number of benzene rings is 1. The van der Waals surface area contributed by atoms with Crippen LogP contribution in [0.2, 0.25) is 0 Å². The van der Waals surface area contributed by atoms with E-state index in [0.29, 0.717) is 13.1 Å². The Kier molecular flexibility index (Phi) is 5.43. The maximum absolute atomic E-state index is 12.3. The fraction of sp³-hybridized carbons (Fsp3) is 0.412. The van der Waals surface area contributed by atoms with Crippen LogP contribution in [0, 0.1) is 19.8 Å². The van der Waals surface area contributed by atoms with Gasteiger partial charge in [0.2, 0.25) is 0 Å². The van der Waals surface area contributed by atoms with Crippen molar-refractivity contribution >= 4 is 15.7 Å². The predicted octanol–water partition coefficient (Wildman–Crippen LogP) is 1.97. The average molecular weight is 349 g/mol. The van der Waals surface area contributed by atoms with E-state index in [2.05, 4.69) is 10.4 Å². The SMILES string of the molecule is Cc1cc(C)n(CC(C)CNC(=O)c2ccccc2S(C)(=O)=O)n1. The Labute approximate surface area is 142 Å². The van der Waals surface area contributed by atoms with Gasteiger partial charge in [0.25, 0.3) is 5.91 Å². The van der Waals surface area contributed by atoms with Gasteiger partial charge < -0.3 is 5.32 Å². The van der Waals surface area contributed by atoms with E-state index in [9.17, 15) is 13.2 Å². The van der Waals surface area contributed by atoms with Gasteiger partial charge in [0.1, 0.15) is 0 Å². The van der Waals surface area contributed by atoms with Crippen molar-refractivity contribution in [2.24, 2.45) is 5.92 Å². The number of nitrogens with zero attached hydrogens (tertiary/aromatic N) is 2. The summed E-state index contributed by atoms with van der Waals surface area (Å²) in [5, 5.41) is 7.22. The summed E-state index contributed by atoms with van der Waals surface area (Å²) < 4.78 is 25.5. The lowest BCUT2D eigenvalue weighted by Crippen LogP contribution is -2.31. The minimum Gasteiger partial charge on any atom is -0.352 e. The maximum Gasteiger partial charge on any atom is 0.252 e. The number of amides is 1. The lowest BCUT2D eigenvalue weighted by Gasteiger charge is -2.15. The van der Waals surface area contributed by atoms with Crippen LogP contribution >= 0.6 is 0 Å². The van der Waals surface area contributed by atoms with E-state index in [1.165, 1.54) is 12.1 Å². The standard InChI is InChI=1S/C17H23N3O3S/c1-12(11-20-14(3)9-13(2)19-20)10-18-17(21)15-7-5-6-8-16(15)24(4,22)23/h5-9,12H,10-11H2,1-4H3,(H,18,21). The molecule has 0 saturated heterocycles. The van der Waals surface area contributed by atoms with Gasteiger partial charge in [-0.3, -0.25) is 9.48 Å². The van der Waals surface area contributed by atoms with Crippen LogP contribution in [0.25, 0.3) is 0 Å². The van der Waals surface area contributed by atoms with E-state index < -0.39 is 9.84 Å². The van der Waals surface area contributed by atoms with Crippen molar-refractivity contribution in [1.82, 2.24) is 15.1 Å². The van der Waals surface area contributed by atoms with Crippen LogP contribution in [0.1, 0.15) is 28.7 Å². The molecule has 1 heterocycles. The molecule has 1 N–H and O–H groups in total. The minimum absolute atomic E-state index is 0.0497. The quantitative estimate of drug-likeness (QED) is 0.864. The summed E-state index contributed by atoms with van der Waals surface area (Å²) in [5.74, 6) is -0.214. The molecule has 2 rings (SSSR count). The number of nitrogens with one attached hydrogen (secondary N) is 1. The molecule has 1 atom stereocenters. The highest BCUT2D eigenvalue weighted by Crippen LogP contribution is 2.15. The number of aromatic nitrogens is 2. The molecular formula is C17H23N3O3S. The molecule has 0 aliphatic carbocycles. The second-order valence-corrected chi connectivity index (χ2v) is 8.18. The van der Waals surface area contributed by atoms with Crippen LogP contribution in [0.15, 0.2) is 35.2 Å². The number of hydrogen-bond donors (Lipinski definition) is 1. The zero-order valence-electron chi connectivity index (χ0n) is 14.4. The van der Waals surface area contributed by atoms with Gasteiger partial charge >= 0.3 is 0 Å². The van der Waals surface area contributed by atoms with Crippen molar-refractivity contribution in [1.29, 1.82) is 0 Å². The van der Waals surface area contributed by atoms with Gasteiger partial charge in [0.15, 0.2) is 9.84 Å². The molecule has 24 heavy (non-hydrogen) atoms. The van der Waals surface area contributed by atoms with Crippen molar-refractivity contribution in [3.63, 3.8) is 0 Å². The zero-order valence-corrected chi connectivity index (χ0v) is 15.2. The summed E-state index contributed by atoms with van der Waals surface area (Å²) >= 11 is 0. The number of aryl methyl sites for hydroxylation is 2. The van der Waals surface area contributed by atoms with E-state index >= 15 is 0 Å². The summed E-state index contributed by atoms with van der Waals surface area (Å²) in [4.78, 5) is 12.4. The molecule has 0 radical (unpaired) electrons. The molecule has 0 aliphatic heterocycles. The molecule has 1 aromatic carbocycles. The van der Waals surface area contributed by atoms with Crippen LogP contribution in [0.5, 0.6) is 0 Å². The van der Waals surface area contributed by atoms with Gasteiger partial charge in [0.05, 0.1) is 16.2 Å². The van der Waals surface area contributed by atoms with Crippen LogP contribution in [0.4, 0.5) is 0 Å². The van der Waals surface area contributed by atoms with Crippen molar-refractivity contribution in [3.8, 4) is 0 Å². The molecule has 1 unspecified atom stereocenters. The molecule has 0 bridgehead atoms. The van der Waals surface area contributed by atoms with Gasteiger partial charge in [-0.1, -0.05) is 19.1 Å². The third kappa shape index (κ3) is 4.44. The first-order valence-electron chi connectivity index (χ1n) is 7.77. The first-order valence-corrected chi connectivity index (χ1v) is 9.66. The monoisotopic (exact) mass is 349 g/mol. The van der Waals surface area contributed by atoms with E-state index in [0.717, 1.165) is 17.6 Å². The second kappa shape index (κ2) is 7.17. The Morgan fingerprint density at radius 2 is 1.96 bits per heavy atom. The Bertz CT molecular complexity index is 841. The molecule has 1 aromatic heterocycles. The summed E-state index contributed by atoms with van der Waals surface area (Å²) in [7, 11) is -3.44. The van der Waals surface area contributed by atoms with Crippen LogP contribution < -0.4 is 5.32 Å². The zero-order chi connectivity index (χ0) is 17.9. The molecular weight excluding hydrogens is 326 g/mol. The van der Waals surface area contributed by atoms with Gasteiger partial charge in [-0.2, -0.15) is 5.10 Å². The normalized spacial score (nSPS) is 12.8. The predicted molar refractivity (Wildman–Crippen MR) is 92.8 cm³/mol. The molecule has 0 spiro atoms. The molecule has 0 saturated carbocycles. The maximum atomic E-state index is 12.3. The fourth-order valence-corrected chi connectivity index (χ4v) is 3.45. The summed E-state index contributed by atoms with van der Waals surface area (Å²) in [5.41, 5.74) is 2.22. The van der Waals surface area contributed by atoms with Gasteiger partial charge in [-0.25, -0.2) is 8.42 Å². The third-order valence-corrected chi connectivity index (χ3v) is 4.89. The van der Waals surface area contributed by atoms with Crippen molar-refractivity contribution in [3.05, 3.63) is 47.3 Å². The van der Waals surface area contributed by atoms with Gasteiger partial charge in [-0.15, -0.1) is 0 Å². The topological polar surface area (TPSA) is 81.1 Å².